The molecule has 100 valence electrons. The maximum atomic E-state index is 12.4. The number of carbonyl (C=O) groups excluding carboxylic acids is 3. The van der Waals surface area contributed by atoms with E-state index in [-0.39, 0.29) is 18.2 Å². The van der Waals surface area contributed by atoms with Gasteiger partial charge in [-0.3, -0.25) is 14.5 Å². The molecule has 1 aromatic rings. The van der Waals surface area contributed by atoms with Gasteiger partial charge in [-0.25, -0.2) is 0 Å². The van der Waals surface area contributed by atoms with E-state index < -0.39 is 11.3 Å². The maximum Gasteiger partial charge on any atom is 0.238 e. The third-order valence-electron chi connectivity index (χ3n) is 3.41. The zero-order valence-corrected chi connectivity index (χ0v) is 12.3. The van der Waals surface area contributed by atoms with Crippen molar-refractivity contribution in [2.75, 3.05) is 4.90 Å². The molecule has 0 unspecified atom stereocenters. The van der Waals surface area contributed by atoms with Gasteiger partial charge in [0.25, 0.3) is 0 Å². The van der Waals surface area contributed by atoms with Crippen molar-refractivity contribution in [3.8, 4) is 0 Å². The predicted octanol–water partition coefficient (Wildman–Crippen LogP) is 2.55. The molecule has 0 saturated carbocycles. The molecule has 2 amide bonds. The second kappa shape index (κ2) is 4.89. The average molecular weight is 324 g/mol. The predicted molar refractivity (Wildman–Crippen MR) is 74.6 cm³/mol. The summed E-state index contributed by atoms with van der Waals surface area (Å²) in [6, 6.07) is 7.00. The molecule has 5 heteroatoms. The van der Waals surface area contributed by atoms with Crippen LogP contribution in [0.25, 0.3) is 0 Å². The lowest BCUT2D eigenvalue weighted by atomic mass is 9.79. The number of anilines is 1. The maximum absolute atomic E-state index is 12.4. The van der Waals surface area contributed by atoms with Crippen molar-refractivity contribution in [3.63, 3.8) is 0 Å². The number of hydrogen-bond donors (Lipinski definition) is 0. The molecule has 1 heterocycles. The van der Waals surface area contributed by atoms with Crippen LogP contribution in [0, 0.1) is 11.3 Å². The number of aldehydes is 1. The van der Waals surface area contributed by atoms with Gasteiger partial charge in [0, 0.05) is 16.3 Å². The van der Waals surface area contributed by atoms with E-state index in [4.69, 9.17) is 0 Å². The summed E-state index contributed by atoms with van der Waals surface area (Å²) in [4.78, 5) is 36.6. The van der Waals surface area contributed by atoms with Gasteiger partial charge in [-0.2, -0.15) is 0 Å². The molecule has 1 aliphatic rings. The van der Waals surface area contributed by atoms with Crippen LogP contribution in [0.1, 0.15) is 20.3 Å². The van der Waals surface area contributed by atoms with E-state index in [1.807, 2.05) is 6.07 Å². The van der Waals surface area contributed by atoms with Gasteiger partial charge in [-0.1, -0.05) is 35.8 Å². The first-order chi connectivity index (χ1) is 8.86. The fraction of sp³-hybridized carbons (Fsp3) is 0.357. The van der Waals surface area contributed by atoms with Crippen LogP contribution < -0.4 is 4.90 Å². The summed E-state index contributed by atoms with van der Waals surface area (Å²) >= 11 is 3.31. The van der Waals surface area contributed by atoms with Crippen LogP contribution in [0.3, 0.4) is 0 Å². The lowest BCUT2D eigenvalue weighted by Gasteiger charge is -2.23. The number of amides is 2. The zero-order chi connectivity index (χ0) is 14.2. The van der Waals surface area contributed by atoms with Crippen molar-refractivity contribution >= 4 is 39.7 Å². The first kappa shape index (κ1) is 13.9. The smallest absolute Gasteiger partial charge is 0.238 e. The van der Waals surface area contributed by atoms with Crippen LogP contribution in [0.4, 0.5) is 5.69 Å². The Labute approximate surface area is 119 Å². The van der Waals surface area contributed by atoms with Crippen LogP contribution in [-0.2, 0) is 14.4 Å². The van der Waals surface area contributed by atoms with Crippen molar-refractivity contribution < 1.29 is 14.4 Å². The molecule has 1 fully saturated rings. The van der Waals surface area contributed by atoms with Crippen molar-refractivity contribution in [2.24, 2.45) is 11.3 Å². The van der Waals surface area contributed by atoms with Crippen molar-refractivity contribution in [3.05, 3.63) is 28.7 Å². The molecule has 1 atom stereocenters. The van der Waals surface area contributed by atoms with E-state index in [9.17, 15) is 14.4 Å². The fourth-order valence-corrected chi connectivity index (χ4v) is 2.57. The minimum absolute atomic E-state index is 0.0804. The van der Waals surface area contributed by atoms with Crippen LogP contribution in [0.5, 0.6) is 0 Å². The Bertz CT molecular complexity index is 553. The molecule has 0 bridgehead atoms. The summed E-state index contributed by atoms with van der Waals surface area (Å²) in [5.74, 6) is -1.15. The fourth-order valence-electron chi connectivity index (χ4n) is 2.18. The molecule has 4 nitrogen and oxygen atoms in total. The van der Waals surface area contributed by atoms with Crippen LogP contribution in [0.15, 0.2) is 28.7 Å². The summed E-state index contributed by atoms with van der Waals surface area (Å²) in [5.41, 5.74) is -0.290. The van der Waals surface area contributed by atoms with Gasteiger partial charge in [0.05, 0.1) is 11.6 Å². The van der Waals surface area contributed by atoms with E-state index in [0.717, 1.165) is 10.8 Å². The van der Waals surface area contributed by atoms with Crippen molar-refractivity contribution in [2.45, 2.75) is 20.3 Å². The molecule has 0 aromatic heterocycles. The van der Waals surface area contributed by atoms with Gasteiger partial charge in [-0.05, 0) is 18.2 Å². The van der Waals surface area contributed by atoms with E-state index in [1.54, 1.807) is 32.0 Å². The highest BCUT2D eigenvalue weighted by Crippen LogP contribution is 2.37. The Morgan fingerprint density at radius 1 is 1.37 bits per heavy atom. The Hall–Kier alpha value is -1.49. The van der Waals surface area contributed by atoms with Crippen LogP contribution >= 0.6 is 15.9 Å². The number of hydrogen-bond acceptors (Lipinski definition) is 3. The summed E-state index contributed by atoms with van der Waals surface area (Å²) in [6.45, 7) is 3.36. The molecule has 1 aromatic carbocycles. The first-order valence-corrected chi connectivity index (χ1v) is 6.75. The Balaban J connectivity index is 2.37. The van der Waals surface area contributed by atoms with Gasteiger partial charge in [0.2, 0.25) is 11.8 Å². The highest BCUT2D eigenvalue weighted by molar-refractivity contribution is 9.10. The standard InChI is InChI=1S/C14H14BrNO3/c1-14(2,8-17)11-7-12(18)16(13(11)19)10-5-3-4-9(15)6-10/h3-6,8,11H,7H2,1-2H3/t11-/m0/s1. The second-order valence-electron chi connectivity index (χ2n) is 5.24. The largest absolute Gasteiger partial charge is 0.303 e. The highest BCUT2D eigenvalue weighted by Gasteiger charge is 2.47. The van der Waals surface area contributed by atoms with Gasteiger partial charge < -0.3 is 4.79 Å². The molecule has 19 heavy (non-hydrogen) atoms. The molecule has 1 saturated heterocycles. The van der Waals surface area contributed by atoms with Crippen LogP contribution in [0.2, 0.25) is 0 Å². The molecule has 0 spiro atoms. The number of benzene rings is 1. The van der Waals surface area contributed by atoms with E-state index in [1.165, 1.54) is 4.90 Å². The molecule has 0 aliphatic carbocycles. The number of imide groups is 1. The summed E-state index contributed by atoms with van der Waals surface area (Å²) in [6.07, 6.45) is 0.824. The average Bonchev–Trinajstić information content (AvgIpc) is 2.65. The van der Waals surface area contributed by atoms with Crippen LogP contribution in [-0.4, -0.2) is 18.1 Å². The van der Waals surface area contributed by atoms with E-state index in [2.05, 4.69) is 15.9 Å². The summed E-state index contributed by atoms with van der Waals surface area (Å²) in [5, 5.41) is 0. The topological polar surface area (TPSA) is 54.5 Å². The van der Waals surface area contributed by atoms with Crippen molar-refractivity contribution in [1.29, 1.82) is 0 Å². The van der Waals surface area contributed by atoms with Gasteiger partial charge in [0.15, 0.2) is 0 Å². The number of halogens is 1. The van der Waals surface area contributed by atoms with Crippen molar-refractivity contribution in [1.82, 2.24) is 0 Å². The monoisotopic (exact) mass is 323 g/mol. The lowest BCUT2D eigenvalue weighted by molar-refractivity contribution is -0.129. The Morgan fingerprint density at radius 2 is 2.05 bits per heavy atom. The lowest BCUT2D eigenvalue weighted by Crippen LogP contribution is -2.35. The number of nitrogens with zero attached hydrogens (tertiary/aromatic N) is 1. The van der Waals surface area contributed by atoms with E-state index >= 15 is 0 Å². The molecule has 1 aliphatic heterocycles. The SMILES string of the molecule is CC(C)(C=O)[C@H]1CC(=O)N(c2cccc(Br)c2)C1=O. The zero-order valence-electron chi connectivity index (χ0n) is 10.7. The summed E-state index contributed by atoms with van der Waals surface area (Å²) < 4.78 is 0.795. The molecule has 0 N–H and O–H groups in total. The van der Waals surface area contributed by atoms with Gasteiger partial charge >= 0.3 is 0 Å². The molecular weight excluding hydrogens is 310 g/mol. The minimum atomic E-state index is -0.826. The first-order valence-electron chi connectivity index (χ1n) is 5.95. The second-order valence-corrected chi connectivity index (χ2v) is 6.16. The minimum Gasteiger partial charge on any atom is -0.303 e. The molecule has 2 rings (SSSR count). The summed E-state index contributed by atoms with van der Waals surface area (Å²) in [7, 11) is 0. The number of carbonyl (C=O) groups is 3. The number of rotatable bonds is 3. The normalized spacial score (nSPS) is 19.9. The quantitative estimate of drug-likeness (QED) is 0.634. The Kier molecular flexibility index (Phi) is 3.58. The third kappa shape index (κ3) is 2.47. The third-order valence-corrected chi connectivity index (χ3v) is 3.91. The Morgan fingerprint density at radius 3 is 2.63 bits per heavy atom. The molecular formula is C14H14BrNO3. The molecule has 0 radical (unpaired) electrons. The van der Waals surface area contributed by atoms with Gasteiger partial charge in [-0.15, -0.1) is 0 Å². The highest BCUT2D eigenvalue weighted by atomic mass is 79.9. The van der Waals surface area contributed by atoms with Gasteiger partial charge in [0.1, 0.15) is 6.29 Å². The van der Waals surface area contributed by atoms with E-state index in [0.29, 0.717) is 5.69 Å².